The summed E-state index contributed by atoms with van der Waals surface area (Å²) in [4.78, 5) is 1.35. The highest BCUT2D eigenvalue weighted by molar-refractivity contribution is 9.10. The van der Waals surface area contributed by atoms with Gasteiger partial charge in [-0.2, -0.15) is 0 Å². The summed E-state index contributed by atoms with van der Waals surface area (Å²) in [7, 11) is 0. The fraction of sp³-hybridized carbons (Fsp3) is 0.294. The minimum absolute atomic E-state index is 0.599. The maximum Gasteiger partial charge on any atom is 0.191 e. The summed E-state index contributed by atoms with van der Waals surface area (Å²) >= 11 is 7.18. The van der Waals surface area contributed by atoms with Crippen molar-refractivity contribution in [1.82, 2.24) is 14.8 Å². The molecule has 2 heterocycles. The van der Waals surface area contributed by atoms with Crippen molar-refractivity contribution in [1.29, 1.82) is 0 Å². The second-order valence-corrected chi connectivity index (χ2v) is 8.47. The zero-order valence-corrected chi connectivity index (χ0v) is 15.7. The largest absolute Gasteiger partial charge is 0.303 e. The maximum atomic E-state index is 4.47. The minimum Gasteiger partial charge on any atom is -0.303 e. The zero-order valence-electron chi connectivity index (χ0n) is 12.5. The van der Waals surface area contributed by atoms with Gasteiger partial charge >= 0.3 is 0 Å². The Morgan fingerprint density at radius 3 is 2.78 bits per heavy atom. The van der Waals surface area contributed by atoms with Gasteiger partial charge in [0, 0.05) is 27.6 Å². The van der Waals surface area contributed by atoms with Gasteiger partial charge in [-0.3, -0.25) is 0 Å². The van der Waals surface area contributed by atoms with Crippen LogP contribution in [0.3, 0.4) is 0 Å². The van der Waals surface area contributed by atoms with Gasteiger partial charge in [0.05, 0.1) is 0 Å². The molecule has 2 aromatic heterocycles. The fourth-order valence-electron chi connectivity index (χ4n) is 2.55. The summed E-state index contributed by atoms with van der Waals surface area (Å²) in [5.41, 5.74) is 1.29. The molecule has 6 heteroatoms. The van der Waals surface area contributed by atoms with E-state index in [2.05, 4.69) is 66.4 Å². The van der Waals surface area contributed by atoms with Crippen LogP contribution in [-0.4, -0.2) is 14.8 Å². The first-order chi connectivity index (χ1) is 11.3. The van der Waals surface area contributed by atoms with Crippen molar-refractivity contribution in [2.75, 3.05) is 0 Å². The summed E-state index contributed by atoms with van der Waals surface area (Å²) in [6.45, 7) is 0. The van der Waals surface area contributed by atoms with Crippen molar-refractivity contribution in [2.24, 2.45) is 0 Å². The lowest BCUT2D eigenvalue weighted by Crippen LogP contribution is -2.03. The fourth-order valence-corrected chi connectivity index (χ4v) is 4.89. The molecule has 1 aliphatic rings. The SMILES string of the molecule is Brc1ccccc1CSc1nnc(Cc2cccs2)n1C1CC1. The van der Waals surface area contributed by atoms with Gasteiger partial charge in [0.25, 0.3) is 0 Å². The Morgan fingerprint density at radius 1 is 1.17 bits per heavy atom. The predicted molar refractivity (Wildman–Crippen MR) is 99.1 cm³/mol. The van der Waals surface area contributed by atoms with E-state index in [4.69, 9.17) is 0 Å². The molecule has 1 aliphatic carbocycles. The monoisotopic (exact) mass is 405 g/mol. The second-order valence-electron chi connectivity index (χ2n) is 5.64. The Morgan fingerprint density at radius 2 is 2.04 bits per heavy atom. The third-order valence-electron chi connectivity index (χ3n) is 3.87. The third-order valence-corrected chi connectivity index (χ3v) is 6.52. The van der Waals surface area contributed by atoms with Gasteiger partial charge in [-0.25, -0.2) is 0 Å². The number of hydrogen-bond donors (Lipinski definition) is 0. The lowest BCUT2D eigenvalue weighted by molar-refractivity contribution is 0.635. The molecule has 0 saturated heterocycles. The molecule has 0 spiro atoms. The molecular weight excluding hydrogens is 390 g/mol. The van der Waals surface area contributed by atoms with E-state index in [1.165, 1.54) is 23.3 Å². The highest BCUT2D eigenvalue weighted by Gasteiger charge is 2.29. The first kappa shape index (κ1) is 15.4. The van der Waals surface area contributed by atoms with Crippen LogP contribution in [0.1, 0.15) is 35.1 Å². The summed E-state index contributed by atoms with van der Waals surface area (Å²) < 4.78 is 3.52. The third kappa shape index (κ3) is 3.54. The van der Waals surface area contributed by atoms with Crippen molar-refractivity contribution in [3.05, 3.63) is 62.5 Å². The van der Waals surface area contributed by atoms with Crippen LogP contribution < -0.4 is 0 Å². The molecule has 4 rings (SSSR count). The first-order valence-corrected chi connectivity index (χ1v) is 10.3. The van der Waals surface area contributed by atoms with Crippen molar-refractivity contribution in [2.45, 2.75) is 36.2 Å². The molecule has 0 bridgehead atoms. The van der Waals surface area contributed by atoms with E-state index in [1.54, 1.807) is 23.1 Å². The average molecular weight is 406 g/mol. The van der Waals surface area contributed by atoms with Gasteiger partial charge in [0.15, 0.2) is 5.16 Å². The minimum atomic E-state index is 0.599. The number of halogens is 1. The molecule has 0 radical (unpaired) electrons. The van der Waals surface area contributed by atoms with Crippen LogP contribution in [0.5, 0.6) is 0 Å². The normalized spacial score (nSPS) is 14.3. The van der Waals surface area contributed by atoms with Crippen molar-refractivity contribution in [3.63, 3.8) is 0 Å². The van der Waals surface area contributed by atoms with Crippen molar-refractivity contribution < 1.29 is 0 Å². The number of thioether (sulfide) groups is 1. The van der Waals surface area contributed by atoms with E-state index in [-0.39, 0.29) is 0 Å². The molecule has 1 aromatic carbocycles. The number of hydrogen-bond acceptors (Lipinski definition) is 4. The lowest BCUT2D eigenvalue weighted by Gasteiger charge is -2.09. The molecular formula is C17H16BrN3S2. The van der Waals surface area contributed by atoms with E-state index in [9.17, 15) is 0 Å². The van der Waals surface area contributed by atoms with Gasteiger partial charge in [-0.1, -0.05) is 52.0 Å². The number of nitrogens with zero attached hydrogens (tertiary/aromatic N) is 3. The summed E-state index contributed by atoms with van der Waals surface area (Å²) in [5.74, 6) is 2.01. The predicted octanol–water partition coefficient (Wildman–Crippen LogP) is 5.32. The molecule has 0 amide bonds. The molecule has 0 N–H and O–H groups in total. The second kappa shape index (κ2) is 6.79. The van der Waals surface area contributed by atoms with Crippen LogP contribution >= 0.6 is 39.0 Å². The molecule has 0 atom stereocenters. The smallest absolute Gasteiger partial charge is 0.191 e. The molecule has 3 nitrogen and oxygen atoms in total. The quantitative estimate of drug-likeness (QED) is 0.519. The molecule has 0 aliphatic heterocycles. The highest BCUT2D eigenvalue weighted by Crippen LogP contribution is 2.40. The van der Waals surface area contributed by atoms with Gasteiger partial charge < -0.3 is 4.57 Å². The number of rotatable bonds is 6. The Balaban J connectivity index is 1.54. The van der Waals surface area contributed by atoms with Gasteiger partial charge in [0.1, 0.15) is 5.82 Å². The van der Waals surface area contributed by atoms with Crippen molar-refractivity contribution >= 4 is 39.0 Å². The summed E-state index contributed by atoms with van der Waals surface area (Å²) in [6, 6.07) is 13.2. The molecule has 23 heavy (non-hydrogen) atoms. The van der Waals surface area contributed by atoms with Gasteiger partial charge in [-0.15, -0.1) is 21.5 Å². The number of thiophene rings is 1. The van der Waals surface area contributed by atoms with E-state index in [1.807, 2.05) is 6.07 Å². The molecule has 1 saturated carbocycles. The van der Waals surface area contributed by atoms with Crippen LogP contribution in [0.4, 0.5) is 0 Å². The number of benzene rings is 1. The summed E-state index contributed by atoms with van der Waals surface area (Å²) in [5, 5.41) is 12.1. The molecule has 1 fully saturated rings. The van der Waals surface area contributed by atoms with Crippen LogP contribution in [0, 0.1) is 0 Å². The first-order valence-electron chi connectivity index (χ1n) is 7.63. The van der Waals surface area contributed by atoms with Gasteiger partial charge in [0.2, 0.25) is 0 Å². The topological polar surface area (TPSA) is 30.7 Å². The van der Waals surface area contributed by atoms with E-state index in [0.717, 1.165) is 27.6 Å². The Bertz CT molecular complexity index is 794. The Hall–Kier alpha value is -1.11. The van der Waals surface area contributed by atoms with Gasteiger partial charge in [-0.05, 0) is 35.9 Å². The molecule has 118 valence electrons. The van der Waals surface area contributed by atoms with Crippen LogP contribution in [-0.2, 0) is 12.2 Å². The van der Waals surface area contributed by atoms with E-state index >= 15 is 0 Å². The van der Waals surface area contributed by atoms with Crippen LogP contribution in [0.2, 0.25) is 0 Å². The zero-order chi connectivity index (χ0) is 15.6. The highest BCUT2D eigenvalue weighted by atomic mass is 79.9. The van der Waals surface area contributed by atoms with E-state index in [0.29, 0.717) is 6.04 Å². The molecule has 0 unspecified atom stereocenters. The summed E-state index contributed by atoms with van der Waals surface area (Å²) in [6.07, 6.45) is 3.38. The van der Waals surface area contributed by atoms with Crippen molar-refractivity contribution in [3.8, 4) is 0 Å². The van der Waals surface area contributed by atoms with Crippen LogP contribution in [0.25, 0.3) is 0 Å². The molecule has 3 aromatic rings. The average Bonchev–Trinajstić information content (AvgIpc) is 3.11. The van der Waals surface area contributed by atoms with Crippen LogP contribution in [0.15, 0.2) is 51.4 Å². The lowest BCUT2D eigenvalue weighted by atomic mass is 10.2. The Labute approximate surface area is 152 Å². The number of aromatic nitrogens is 3. The standard InChI is InChI=1S/C17H16BrN3S2/c18-15-6-2-1-4-12(15)11-23-17-20-19-16(21(17)13-7-8-13)10-14-5-3-9-22-14/h1-6,9,13H,7-8,10-11H2. The van der Waals surface area contributed by atoms with E-state index < -0.39 is 0 Å². The maximum absolute atomic E-state index is 4.47. The Kier molecular flexibility index (Phi) is 4.55.